The summed E-state index contributed by atoms with van der Waals surface area (Å²) in [6, 6.07) is 24.3. The Kier molecular flexibility index (Phi) is 9.35. The van der Waals surface area contributed by atoms with Crippen LogP contribution in [0.2, 0.25) is 0 Å². The summed E-state index contributed by atoms with van der Waals surface area (Å²) >= 11 is 0. The van der Waals surface area contributed by atoms with Gasteiger partial charge in [-0.05, 0) is 60.4 Å². The molecule has 0 unspecified atom stereocenters. The molecule has 1 N–H and O–H groups in total. The van der Waals surface area contributed by atoms with Crippen LogP contribution in [-0.2, 0) is 32.1 Å². The minimum Gasteiger partial charge on any atom is -0.497 e. The van der Waals surface area contributed by atoms with E-state index in [1.807, 2.05) is 54.6 Å². The molecule has 0 fully saturated rings. The molecule has 0 bridgehead atoms. The molecule has 0 saturated carbocycles. The smallest absolute Gasteiger partial charge is 0.340 e. The maximum Gasteiger partial charge on any atom is 0.340 e. The van der Waals surface area contributed by atoms with Gasteiger partial charge < -0.3 is 24.4 Å². The summed E-state index contributed by atoms with van der Waals surface area (Å²) in [7, 11) is 2.89. The van der Waals surface area contributed by atoms with Crippen LogP contribution in [0.4, 0.5) is 0 Å². The Balaban J connectivity index is 1.40. The first-order chi connectivity index (χ1) is 19.4. The highest BCUT2D eigenvalue weighted by atomic mass is 16.5. The molecule has 3 aromatic rings. The van der Waals surface area contributed by atoms with Gasteiger partial charge in [-0.15, -0.1) is 0 Å². The van der Waals surface area contributed by atoms with Crippen molar-refractivity contribution in [1.29, 1.82) is 0 Å². The highest BCUT2D eigenvalue weighted by Gasteiger charge is 2.37. The second kappa shape index (κ2) is 13.3. The number of carbonyl (C=O) groups is 3. The summed E-state index contributed by atoms with van der Waals surface area (Å²) in [5.41, 5.74) is 3.75. The minimum atomic E-state index is -0.576. The molecule has 1 aliphatic rings. The Bertz CT molecular complexity index is 1410. The van der Waals surface area contributed by atoms with Crippen LogP contribution in [-0.4, -0.2) is 50.1 Å². The number of methoxy groups -OCH3 is 2. The molecule has 4 rings (SSSR count). The highest BCUT2D eigenvalue weighted by molar-refractivity contribution is 6.16. The Morgan fingerprint density at radius 2 is 1.55 bits per heavy atom. The maximum absolute atomic E-state index is 13.4. The van der Waals surface area contributed by atoms with Crippen LogP contribution >= 0.6 is 0 Å². The van der Waals surface area contributed by atoms with Crippen LogP contribution in [0.1, 0.15) is 23.6 Å². The van der Waals surface area contributed by atoms with E-state index >= 15 is 0 Å². The number of carbonyl (C=O) groups excluding carboxylic acids is 3. The van der Waals surface area contributed by atoms with Crippen molar-refractivity contribution < 1.29 is 28.6 Å². The number of benzene rings is 3. The molecule has 1 heterocycles. The van der Waals surface area contributed by atoms with E-state index in [1.165, 1.54) is 7.11 Å². The molecule has 8 heteroatoms. The molecule has 206 valence electrons. The largest absolute Gasteiger partial charge is 0.497 e. The average Bonchev–Trinajstić information content (AvgIpc) is 3.21. The van der Waals surface area contributed by atoms with Crippen LogP contribution in [0.25, 0.3) is 6.08 Å². The van der Waals surface area contributed by atoms with Gasteiger partial charge in [-0.25, -0.2) is 4.79 Å². The molecule has 1 aliphatic heterocycles. The molecule has 40 heavy (non-hydrogen) atoms. The Hall–Kier alpha value is -4.85. The lowest BCUT2D eigenvalue weighted by molar-refractivity contribution is -0.136. The molecule has 2 amide bonds. The first kappa shape index (κ1) is 28.2. The molecule has 0 aliphatic carbocycles. The number of hydrogen-bond donors (Lipinski definition) is 1. The first-order valence-corrected chi connectivity index (χ1v) is 12.9. The normalized spacial score (nSPS) is 13.9. The molecular weight excluding hydrogens is 508 g/mol. The van der Waals surface area contributed by atoms with Crippen LogP contribution < -0.4 is 14.8 Å². The SMILES string of the molecule is COC(=O)C1=C(C)N(Cc2ccc(OC)cc2)C(=O)/C1=C\c1ccc(OCC(=O)NCCc2ccccc2)cc1. The van der Waals surface area contributed by atoms with Crippen molar-refractivity contribution in [2.24, 2.45) is 0 Å². The van der Waals surface area contributed by atoms with Crippen molar-refractivity contribution in [3.8, 4) is 11.5 Å². The third kappa shape index (κ3) is 6.96. The van der Waals surface area contributed by atoms with Gasteiger partial charge in [0.1, 0.15) is 11.5 Å². The number of nitrogens with zero attached hydrogens (tertiary/aromatic N) is 1. The van der Waals surface area contributed by atoms with E-state index in [-0.39, 0.29) is 29.6 Å². The van der Waals surface area contributed by atoms with Crippen molar-refractivity contribution >= 4 is 23.9 Å². The van der Waals surface area contributed by atoms with E-state index in [0.717, 1.165) is 23.3 Å². The van der Waals surface area contributed by atoms with E-state index in [4.69, 9.17) is 14.2 Å². The Morgan fingerprint density at radius 1 is 0.875 bits per heavy atom. The molecule has 0 aromatic heterocycles. The van der Waals surface area contributed by atoms with Crippen molar-refractivity contribution in [2.45, 2.75) is 19.9 Å². The Morgan fingerprint density at radius 3 is 2.20 bits per heavy atom. The zero-order chi connectivity index (χ0) is 28.5. The standard InChI is InChI=1S/C32H32N2O6/c1-22-30(32(37)39-3)28(31(36)34(22)20-25-11-13-26(38-2)14-12-25)19-24-9-15-27(16-10-24)40-21-29(35)33-18-17-23-7-5-4-6-8-23/h4-16,19H,17-18,20-21H2,1-3H3,(H,33,35)/b28-19-. The summed E-state index contributed by atoms with van der Waals surface area (Å²) in [5.74, 6) is 0.155. The second-order valence-corrected chi connectivity index (χ2v) is 9.19. The first-order valence-electron chi connectivity index (χ1n) is 12.9. The number of amides is 2. The van der Waals surface area contributed by atoms with Gasteiger partial charge in [0, 0.05) is 12.2 Å². The number of hydrogen-bond acceptors (Lipinski definition) is 6. The van der Waals surface area contributed by atoms with Crippen molar-refractivity contribution in [1.82, 2.24) is 10.2 Å². The second-order valence-electron chi connectivity index (χ2n) is 9.19. The zero-order valence-electron chi connectivity index (χ0n) is 22.8. The lowest BCUT2D eigenvalue weighted by Gasteiger charge is -2.18. The van der Waals surface area contributed by atoms with E-state index in [0.29, 0.717) is 30.1 Å². The number of allylic oxidation sites excluding steroid dienone is 1. The predicted molar refractivity (Wildman–Crippen MR) is 151 cm³/mol. The van der Waals surface area contributed by atoms with Gasteiger partial charge in [0.15, 0.2) is 6.61 Å². The van der Waals surface area contributed by atoms with Gasteiger partial charge in [-0.1, -0.05) is 54.6 Å². The molecular formula is C32H32N2O6. The third-order valence-electron chi connectivity index (χ3n) is 6.54. The summed E-state index contributed by atoms with van der Waals surface area (Å²) in [6.45, 7) is 2.45. The van der Waals surface area contributed by atoms with Gasteiger partial charge >= 0.3 is 5.97 Å². The topological polar surface area (TPSA) is 94.2 Å². The average molecular weight is 541 g/mol. The molecule has 0 spiro atoms. The molecule has 0 atom stereocenters. The van der Waals surface area contributed by atoms with Crippen molar-refractivity contribution in [2.75, 3.05) is 27.4 Å². The quantitative estimate of drug-likeness (QED) is 0.288. The van der Waals surface area contributed by atoms with Gasteiger partial charge in [0.25, 0.3) is 11.8 Å². The van der Waals surface area contributed by atoms with Crippen molar-refractivity contribution in [3.63, 3.8) is 0 Å². The maximum atomic E-state index is 13.4. The number of rotatable bonds is 11. The summed E-state index contributed by atoms with van der Waals surface area (Å²) < 4.78 is 15.8. The van der Waals surface area contributed by atoms with E-state index in [1.54, 1.807) is 49.3 Å². The van der Waals surface area contributed by atoms with Crippen LogP contribution in [0.5, 0.6) is 11.5 Å². The van der Waals surface area contributed by atoms with Gasteiger partial charge in [0.2, 0.25) is 0 Å². The summed E-state index contributed by atoms with van der Waals surface area (Å²) in [4.78, 5) is 39.8. The summed E-state index contributed by atoms with van der Waals surface area (Å²) in [5, 5.41) is 2.85. The lowest BCUT2D eigenvalue weighted by Crippen LogP contribution is -2.30. The molecule has 0 radical (unpaired) electrons. The van der Waals surface area contributed by atoms with Crippen LogP contribution in [0.15, 0.2) is 95.7 Å². The van der Waals surface area contributed by atoms with Crippen molar-refractivity contribution in [3.05, 3.63) is 112 Å². The fraction of sp³-hybridized carbons (Fsp3) is 0.219. The van der Waals surface area contributed by atoms with Crippen LogP contribution in [0.3, 0.4) is 0 Å². The van der Waals surface area contributed by atoms with E-state index in [9.17, 15) is 14.4 Å². The number of esters is 1. The molecule has 3 aromatic carbocycles. The molecule has 8 nitrogen and oxygen atoms in total. The zero-order valence-corrected chi connectivity index (χ0v) is 22.8. The Labute approximate surface area is 233 Å². The lowest BCUT2D eigenvalue weighted by atomic mass is 10.0. The fourth-order valence-electron chi connectivity index (χ4n) is 4.35. The fourth-order valence-corrected chi connectivity index (χ4v) is 4.35. The third-order valence-corrected chi connectivity index (χ3v) is 6.54. The van der Waals surface area contributed by atoms with Gasteiger partial charge in [-0.2, -0.15) is 0 Å². The summed E-state index contributed by atoms with van der Waals surface area (Å²) in [6.07, 6.45) is 2.40. The van der Waals surface area contributed by atoms with E-state index in [2.05, 4.69) is 5.32 Å². The highest BCUT2D eigenvalue weighted by Crippen LogP contribution is 2.33. The van der Waals surface area contributed by atoms with E-state index < -0.39 is 5.97 Å². The minimum absolute atomic E-state index is 0.109. The van der Waals surface area contributed by atoms with Crippen LogP contribution in [0, 0.1) is 0 Å². The number of ether oxygens (including phenoxy) is 3. The van der Waals surface area contributed by atoms with Gasteiger partial charge in [0.05, 0.1) is 31.9 Å². The monoisotopic (exact) mass is 540 g/mol. The number of nitrogens with one attached hydrogen (secondary N) is 1. The molecule has 0 saturated heterocycles. The van der Waals surface area contributed by atoms with Gasteiger partial charge in [-0.3, -0.25) is 9.59 Å². The predicted octanol–water partition coefficient (Wildman–Crippen LogP) is 4.31.